The second kappa shape index (κ2) is 7.63. The van der Waals surface area contributed by atoms with E-state index in [1.807, 2.05) is 19.1 Å². The minimum Gasteiger partial charge on any atom is -0.475 e. The van der Waals surface area contributed by atoms with Gasteiger partial charge < -0.3 is 18.4 Å². The third kappa shape index (κ3) is 4.73. The number of carboxylic acids is 1. The molecule has 0 unspecified atom stereocenters. The predicted molar refractivity (Wildman–Crippen MR) is 83.4 cm³/mol. The van der Waals surface area contributed by atoms with Crippen molar-refractivity contribution in [1.29, 1.82) is 0 Å². The van der Waals surface area contributed by atoms with Crippen LogP contribution in [0.3, 0.4) is 0 Å². The summed E-state index contributed by atoms with van der Waals surface area (Å²) < 4.78 is 14.7. The largest absolute Gasteiger partial charge is 0.475 e. The lowest BCUT2D eigenvalue weighted by molar-refractivity contribution is -0.402. The van der Waals surface area contributed by atoms with Crippen molar-refractivity contribution in [2.45, 2.75) is 6.92 Å². The van der Waals surface area contributed by atoms with E-state index in [0.29, 0.717) is 11.5 Å². The number of hydrogen-bond acceptors (Lipinski definition) is 6. The first-order valence-electron chi connectivity index (χ1n) is 6.71. The molecular weight excluding hydrogens is 318 g/mol. The molecule has 0 saturated heterocycles. The lowest BCUT2D eigenvalue weighted by atomic mass is 10.3. The zero-order chi connectivity index (χ0) is 17.5. The minimum absolute atomic E-state index is 0.0231. The Morgan fingerprint density at radius 3 is 2.21 bits per heavy atom. The molecule has 0 fully saturated rings. The van der Waals surface area contributed by atoms with E-state index < -0.39 is 10.9 Å². The van der Waals surface area contributed by atoms with E-state index in [9.17, 15) is 14.9 Å². The van der Waals surface area contributed by atoms with Gasteiger partial charge in [0, 0.05) is 0 Å². The van der Waals surface area contributed by atoms with Crippen molar-refractivity contribution in [3.05, 3.63) is 75.8 Å². The summed E-state index contributed by atoms with van der Waals surface area (Å²) in [6.45, 7) is 1.84. The summed E-state index contributed by atoms with van der Waals surface area (Å²) >= 11 is 0. The van der Waals surface area contributed by atoms with Gasteiger partial charge in [0.1, 0.15) is 22.2 Å². The van der Waals surface area contributed by atoms with Crippen molar-refractivity contribution in [3.8, 4) is 0 Å². The van der Waals surface area contributed by atoms with E-state index in [4.69, 9.17) is 13.9 Å². The van der Waals surface area contributed by atoms with Crippen LogP contribution in [0.2, 0.25) is 0 Å². The molecule has 0 saturated carbocycles. The highest BCUT2D eigenvalue weighted by molar-refractivity contribution is 5.84. The molecule has 0 radical (unpaired) electrons. The van der Waals surface area contributed by atoms with Crippen molar-refractivity contribution in [2.24, 2.45) is 0 Å². The van der Waals surface area contributed by atoms with E-state index >= 15 is 0 Å². The van der Waals surface area contributed by atoms with E-state index in [1.165, 1.54) is 30.5 Å². The highest BCUT2D eigenvalue weighted by atomic mass is 16.6. The fourth-order valence-corrected chi connectivity index (χ4v) is 1.64. The molecule has 0 bridgehead atoms. The molecule has 3 heterocycles. The molecule has 1 N–H and O–H groups in total. The number of aromatic carboxylic acids is 1. The smallest absolute Gasteiger partial charge is 0.433 e. The average Bonchev–Trinajstić information content (AvgIpc) is 3.27. The number of aryl methyl sites for hydroxylation is 1. The average molecular weight is 331 g/mol. The predicted octanol–water partition coefficient (Wildman–Crippen LogP) is 4.24. The summed E-state index contributed by atoms with van der Waals surface area (Å²) in [6.07, 6.45) is 4.63. The first-order chi connectivity index (χ1) is 11.5. The Morgan fingerprint density at radius 2 is 1.79 bits per heavy atom. The van der Waals surface area contributed by atoms with E-state index in [2.05, 4.69) is 4.42 Å². The quantitative estimate of drug-likeness (QED) is 0.560. The number of rotatable bonds is 4. The van der Waals surface area contributed by atoms with Crippen LogP contribution in [0, 0.1) is 17.0 Å². The van der Waals surface area contributed by atoms with Crippen LogP contribution in [0.4, 0.5) is 5.88 Å². The molecule has 24 heavy (non-hydrogen) atoms. The van der Waals surface area contributed by atoms with Gasteiger partial charge in [-0.1, -0.05) is 0 Å². The Morgan fingerprint density at radius 1 is 1.12 bits per heavy atom. The van der Waals surface area contributed by atoms with Crippen LogP contribution < -0.4 is 0 Å². The first kappa shape index (κ1) is 16.8. The molecule has 124 valence electrons. The van der Waals surface area contributed by atoms with Crippen LogP contribution in [0.15, 0.2) is 55.9 Å². The zero-order valence-corrected chi connectivity index (χ0v) is 12.5. The van der Waals surface area contributed by atoms with Crippen LogP contribution in [0.25, 0.3) is 12.2 Å². The molecule has 0 aromatic carbocycles. The molecule has 3 aromatic rings. The molecule has 8 nitrogen and oxygen atoms in total. The third-order valence-corrected chi connectivity index (χ3v) is 2.70. The normalized spacial score (nSPS) is 10.4. The summed E-state index contributed by atoms with van der Waals surface area (Å²) in [6, 6.07) is 9.41. The number of hydrogen-bond donors (Lipinski definition) is 1. The van der Waals surface area contributed by atoms with Gasteiger partial charge in [-0.25, -0.2) is 4.79 Å². The van der Waals surface area contributed by atoms with Crippen molar-refractivity contribution < 1.29 is 28.1 Å². The standard InChI is InChI=1S/C11H9NO4.C5H4O3/c1-8-2-3-9(15-8)4-5-10-6-7-11(16-10)12(13)14;6-5(7)4-2-1-3-8-4/h2-7H,1H3;1-3H,(H,6,7)/b5-4+;. The maximum absolute atomic E-state index is 10.4. The maximum Gasteiger partial charge on any atom is 0.433 e. The number of furan rings is 3. The number of carboxylic acid groups (broad SMARTS) is 1. The number of nitrogens with zero attached hydrogens (tertiary/aromatic N) is 1. The lowest BCUT2D eigenvalue weighted by Gasteiger charge is -1.85. The number of carbonyl (C=O) groups is 1. The van der Waals surface area contributed by atoms with Crippen LogP contribution >= 0.6 is 0 Å². The van der Waals surface area contributed by atoms with Gasteiger partial charge >= 0.3 is 11.9 Å². The molecule has 0 spiro atoms. The molecule has 3 rings (SSSR count). The zero-order valence-electron chi connectivity index (χ0n) is 12.5. The minimum atomic E-state index is -1.03. The Bertz CT molecular complexity index is 840. The summed E-state index contributed by atoms with van der Waals surface area (Å²) in [5.74, 6) is 0.581. The monoisotopic (exact) mass is 331 g/mol. The molecule has 3 aromatic heterocycles. The summed E-state index contributed by atoms with van der Waals surface area (Å²) in [4.78, 5) is 19.8. The number of nitro groups is 1. The van der Waals surface area contributed by atoms with Gasteiger partial charge in [0.2, 0.25) is 5.76 Å². The van der Waals surface area contributed by atoms with Gasteiger partial charge in [-0.15, -0.1) is 0 Å². The van der Waals surface area contributed by atoms with Gasteiger partial charge in [-0.05, 0) is 49.4 Å². The van der Waals surface area contributed by atoms with Gasteiger partial charge in [-0.2, -0.15) is 0 Å². The molecular formula is C16H13NO7. The van der Waals surface area contributed by atoms with Crippen LogP contribution in [-0.4, -0.2) is 16.0 Å². The molecule has 0 aliphatic heterocycles. The van der Waals surface area contributed by atoms with Crippen LogP contribution in [0.1, 0.15) is 27.8 Å². The Labute approximate surface area is 135 Å². The molecule has 0 atom stereocenters. The topological polar surface area (TPSA) is 120 Å². The van der Waals surface area contributed by atoms with Gasteiger partial charge in [0.15, 0.2) is 0 Å². The highest BCUT2D eigenvalue weighted by Crippen LogP contribution is 2.18. The lowest BCUT2D eigenvalue weighted by Crippen LogP contribution is -1.90. The maximum atomic E-state index is 10.4. The van der Waals surface area contributed by atoms with Crippen LogP contribution in [0.5, 0.6) is 0 Å². The van der Waals surface area contributed by atoms with Crippen molar-refractivity contribution in [3.63, 3.8) is 0 Å². The third-order valence-electron chi connectivity index (χ3n) is 2.70. The van der Waals surface area contributed by atoms with E-state index in [-0.39, 0.29) is 11.6 Å². The fraction of sp³-hybridized carbons (Fsp3) is 0.0625. The Balaban J connectivity index is 0.000000219. The second-order valence-corrected chi connectivity index (χ2v) is 4.50. The van der Waals surface area contributed by atoms with Crippen LogP contribution in [-0.2, 0) is 0 Å². The van der Waals surface area contributed by atoms with Gasteiger partial charge in [-0.3, -0.25) is 10.1 Å². The molecule has 8 heteroatoms. The van der Waals surface area contributed by atoms with E-state index in [1.54, 1.807) is 12.2 Å². The summed E-state index contributed by atoms with van der Waals surface area (Å²) in [5.41, 5.74) is 0. The summed E-state index contributed by atoms with van der Waals surface area (Å²) in [5, 5.41) is 18.5. The molecule has 0 amide bonds. The molecule has 0 aliphatic rings. The SMILES string of the molecule is Cc1ccc(/C=C/c2ccc([N+](=O)[O-])o2)o1.O=C(O)c1ccco1. The molecule has 0 aliphatic carbocycles. The van der Waals surface area contributed by atoms with E-state index in [0.717, 1.165) is 5.76 Å². The van der Waals surface area contributed by atoms with Gasteiger partial charge in [0.25, 0.3) is 0 Å². The second-order valence-electron chi connectivity index (χ2n) is 4.50. The highest BCUT2D eigenvalue weighted by Gasteiger charge is 2.09. The first-order valence-corrected chi connectivity index (χ1v) is 6.71. The fourth-order valence-electron chi connectivity index (χ4n) is 1.64. The Kier molecular flexibility index (Phi) is 5.35. The van der Waals surface area contributed by atoms with Gasteiger partial charge in [0.05, 0.1) is 12.3 Å². The Hall–Kier alpha value is -3.55. The van der Waals surface area contributed by atoms with Crippen molar-refractivity contribution >= 4 is 24.0 Å². The van der Waals surface area contributed by atoms with Crippen molar-refractivity contribution in [1.82, 2.24) is 0 Å². The summed E-state index contributed by atoms with van der Waals surface area (Å²) in [7, 11) is 0. The van der Waals surface area contributed by atoms with Crippen molar-refractivity contribution in [2.75, 3.05) is 0 Å².